The Kier molecular flexibility index (Phi) is 3.65. The molecule has 0 atom stereocenters. The third-order valence-corrected chi connectivity index (χ3v) is 4.01. The van der Waals surface area contributed by atoms with E-state index in [2.05, 4.69) is 9.97 Å². The fraction of sp³-hybridized carbons (Fsp3) is 0.278. The van der Waals surface area contributed by atoms with E-state index in [0.717, 1.165) is 33.9 Å². The van der Waals surface area contributed by atoms with Crippen LogP contribution >= 0.6 is 0 Å². The van der Waals surface area contributed by atoms with Crippen LogP contribution in [-0.4, -0.2) is 37.4 Å². The van der Waals surface area contributed by atoms with Crippen LogP contribution in [0.5, 0.6) is 23.0 Å². The summed E-state index contributed by atoms with van der Waals surface area (Å²) in [6.45, 7) is 1.15. The van der Waals surface area contributed by atoms with Crippen molar-refractivity contribution in [3.8, 4) is 23.0 Å². The first-order valence-electron chi connectivity index (χ1n) is 7.76. The molecule has 6 nitrogen and oxygen atoms in total. The molecule has 0 fully saturated rings. The van der Waals surface area contributed by atoms with Gasteiger partial charge in [-0.2, -0.15) is 0 Å². The summed E-state index contributed by atoms with van der Waals surface area (Å²) in [5.41, 5.74) is 2.90. The quantitative estimate of drug-likeness (QED) is 0.798. The number of hydrogen-bond acceptors (Lipinski definition) is 5. The lowest BCUT2D eigenvalue weighted by molar-refractivity contribution is 0.172. The highest BCUT2D eigenvalue weighted by atomic mass is 16.6. The van der Waals surface area contributed by atoms with Crippen molar-refractivity contribution in [2.45, 2.75) is 6.42 Å². The Hall–Kier alpha value is -2.89. The van der Waals surface area contributed by atoms with Gasteiger partial charge in [-0.3, -0.25) is 0 Å². The molecule has 0 unspecified atom stereocenters. The first-order valence-corrected chi connectivity index (χ1v) is 7.76. The highest BCUT2D eigenvalue weighted by molar-refractivity contribution is 5.80. The van der Waals surface area contributed by atoms with Gasteiger partial charge in [0.15, 0.2) is 23.0 Å². The zero-order valence-electron chi connectivity index (χ0n) is 13.6. The summed E-state index contributed by atoms with van der Waals surface area (Å²) in [5.74, 6) is 3.81. The van der Waals surface area contributed by atoms with Gasteiger partial charge in [-0.05, 0) is 17.7 Å². The Balaban J connectivity index is 1.65. The Labute approximate surface area is 139 Å². The molecule has 1 aliphatic heterocycles. The summed E-state index contributed by atoms with van der Waals surface area (Å²) in [6.07, 6.45) is 0.668. The van der Waals surface area contributed by atoms with Gasteiger partial charge in [0, 0.05) is 18.6 Å². The van der Waals surface area contributed by atoms with Crippen LogP contribution in [-0.2, 0) is 6.42 Å². The minimum Gasteiger partial charge on any atom is -0.493 e. The molecule has 1 N–H and O–H groups in total. The zero-order valence-corrected chi connectivity index (χ0v) is 13.6. The van der Waals surface area contributed by atoms with Crippen LogP contribution in [0.4, 0.5) is 0 Å². The van der Waals surface area contributed by atoms with E-state index in [1.807, 2.05) is 30.3 Å². The van der Waals surface area contributed by atoms with E-state index in [1.165, 1.54) is 0 Å². The molecule has 24 heavy (non-hydrogen) atoms. The van der Waals surface area contributed by atoms with Gasteiger partial charge in [-0.1, -0.05) is 6.07 Å². The summed E-state index contributed by atoms with van der Waals surface area (Å²) >= 11 is 0. The highest BCUT2D eigenvalue weighted by Crippen LogP contribution is 2.34. The molecule has 0 spiro atoms. The van der Waals surface area contributed by atoms with Gasteiger partial charge in [-0.15, -0.1) is 0 Å². The minimum absolute atomic E-state index is 0.571. The normalized spacial score (nSPS) is 13.1. The number of rotatable bonds is 4. The summed E-state index contributed by atoms with van der Waals surface area (Å²) in [7, 11) is 3.26. The zero-order chi connectivity index (χ0) is 16.5. The van der Waals surface area contributed by atoms with Crippen LogP contribution in [0.1, 0.15) is 11.4 Å². The van der Waals surface area contributed by atoms with E-state index in [-0.39, 0.29) is 0 Å². The lowest BCUT2D eigenvalue weighted by atomic mass is 10.1. The molecule has 2 heterocycles. The van der Waals surface area contributed by atoms with E-state index < -0.39 is 0 Å². The number of ether oxygens (including phenoxy) is 4. The molecule has 6 heteroatoms. The number of aromatic amines is 1. The molecule has 0 saturated carbocycles. The van der Waals surface area contributed by atoms with Crippen LogP contribution in [0, 0.1) is 0 Å². The molecule has 1 aliphatic rings. The van der Waals surface area contributed by atoms with E-state index in [4.69, 9.17) is 18.9 Å². The molecule has 1 aromatic heterocycles. The van der Waals surface area contributed by atoms with Crippen molar-refractivity contribution in [2.75, 3.05) is 27.4 Å². The van der Waals surface area contributed by atoms with Crippen molar-refractivity contribution in [1.82, 2.24) is 9.97 Å². The van der Waals surface area contributed by atoms with Crippen molar-refractivity contribution in [1.29, 1.82) is 0 Å². The molecule has 4 rings (SSSR count). The molecule has 3 aromatic rings. The first kappa shape index (κ1) is 14.7. The average molecular weight is 326 g/mol. The number of methoxy groups -OCH3 is 2. The van der Waals surface area contributed by atoms with Gasteiger partial charge in [0.05, 0.1) is 25.3 Å². The van der Waals surface area contributed by atoms with E-state index in [9.17, 15) is 0 Å². The van der Waals surface area contributed by atoms with Crippen molar-refractivity contribution in [3.63, 3.8) is 0 Å². The number of hydrogen-bond donors (Lipinski definition) is 1. The molecule has 0 bridgehead atoms. The predicted molar refractivity (Wildman–Crippen MR) is 89.4 cm³/mol. The molecule has 0 saturated heterocycles. The summed E-state index contributed by atoms with van der Waals surface area (Å²) in [6, 6.07) is 9.72. The van der Waals surface area contributed by atoms with Crippen LogP contribution < -0.4 is 18.9 Å². The van der Waals surface area contributed by atoms with E-state index in [1.54, 1.807) is 14.2 Å². The number of H-pyrrole nitrogens is 1. The largest absolute Gasteiger partial charge is 0.493 e. The molecule has 0 radical (unpaired) electrons. The third kappa shape index (κ3) is 2.60. The van der Waals surface area contributed by atoms with Crippen LogP contribution in [0.25, 0.3) is 11.0 Å². The van der Waals surface area contributed by atoms with Crippen LogP contribution in [0.2, 0.25) is 0 Å². The van der Waals surface area contributed by atoms with Gasteiger partial charge in [-0.25, -0.2) is 4.98 Å². The molecular weight excluding hydrogens is 308 g/mol. The van der Waals surface area contributed by atoms with E-state index >= 15 is 0 Å². The highest BCUT2D eigenvalue weighted by Gasteiger charge is 2.15. The standard InChI is InChI=1S/C18H18N2O4/c1-21-14-4-3-11(7-15(14)22-2)8-18-19-12-9-16-17(10-13(12)20-18)24-6-5-23-16/h3-4,7,9-10H,5-6,8H2,1-2H3,(H,19,20). The summed E-state index contributed by atoms with van der Waals surface area (Å²) < 4.78 is 21.8. The third-order valence-electron chi connectivity index (χ3n) is 4.01. The number of benzene rings is 2. The Morgan fingerprint density at radius 3 is 2.50 bits per heavy atom. The topological polar surface area (TPSA) is 65.6 Å². The van der Waals surface area contributed by atoms with Gasteiger partial charge < -0.3 is 23.9 Å². The predicted octanol–water partition coefficient (Wildman–Crippen LogP) is 2.94. The van der Waals surface area contributed by atoms with Gasteiger partial charge in [0.1, 0.15) is 19.0 Å². The number of imidazole rings is 1. The maximum Gasteiger partial charge on any atom is 0.163 e. The van der Waals surface area contributed by atoms with Crippen LogP contribution in [0.15, 0.2) is 30.3 Å². The first-order chi connectivity index (χ1) is 11.8. The molecule has 0 aliphatic carbocycles. The summed E-state index contributed by atoms with van der Waals surface area (Å²) in [5, 5.41) is 0. The van der Waals surface area contributed by atoms with Crippen molar-refractivity contribution >= 4 is 11.0 Å². The lowest BCUT2D eigenvalue weighted by Crippen LogP contribution is -2.15. The smallest absolute Gasteiger partial charge is 0.163 e. The summed E-state index contributed by atoms with van der Waals surface area (Å²) in [4.78, 5) is 7.99. The second kappa shape index (κ2) is 5.96. The Morgan fingerprint density at radius 2 is 1.75 bits per heavy atom. The fourth-order valence-corrected chi connectivity index (χ4v) is 2.87. The average Bonchev–Trinajstić information content (AvgIpc) is 3.00. The maximum absolute atomic E-state index is 5.61. The van der Waals surface area contributed by atoms with Gasteiger partial charge in [0.2, 0.25) is 0 Å². The molecular formula is C18H18N2O4. The second-order valence-corrected chi connectivity index (χ2v) is 5.56. The Bertz CT molecular complexity index is 845. The number of fused-ring (bicyclic) bond motifs is 2. The molecule has 0 amide bonds. The molecule has 2 aromatic carbocycles. The molecule has 124 valence electrons. The number of nitrogens with zero attached hydrogens (tertiary/aromatic N) is 1. The number of nitrogens with one attached hydrogen (secondary N) is 1. The van der Waals surface area contributed by atoms with Gasteiger partial charge >= 0.3 is 0 Å². The second-order valence-electron chi connectivity index (χ2n) is 5.56. The monoisotopic (exact) mass is 326 g/mol. The van der Waals surface area contributed by atoms with Crippen molar-refractivity contribution < 1.29 is 18.9 Å². The van der Waals surface area contributed by atoms with Crippen molar-refractivity contribution in [2.24, 2.45) is 0 Å². The fourth-order valence-electron chi connectivity index (χ4n) is 2.87. The SMILES string of the molecule is COc1ccc(Cc2nc3cc4c(cc3[nH]2)OCCO4)cc1OC. The lowest BCUT2D eigenvalue weighted by Gasteiger charge is -2.17. The number of aromatic nitrogens is 2. The minimum atomic E-state index is 0.571. The maximum atomic E-state index is 5.61. The van der Waals surface area contributed by atoms with Crippen molar-refractivity contribution in [3.05, 3.63) is 41.7 Å². The van der Waals surface area contributed by atoms with Gasteiger partial charge in [0.25, 0.3) is 0 Å². The van der Waals surface area contributed by atoms with Crippen LogP contribution in [0.3, 0.4) is 0 Å². The van der Waals surface area contributed by atoms with E-state index in [0.29, 0.717) is 31.1 Å². The Morgan fingerprint density at radius 1 is 1.00 bits per heavy atom.